The molecule has 29 heavy (non-hydrogen) atoms. The van der Waals surface area contributed by atoms with E-state index in [4.69, 9.17) is 16.3 Å². The Morgan fingerprint density at radius 1 is 1.21 bits per heavy atom. The fourth-order valence-corrected chi connectivity index (χ4v) is 3.74. The number of aromatic nitrogens is 2. The van der Waals surface area contributed by atoms with Crippen molar-refractivity contribution in [2.75, 3.05) is 11.9 Å². The monoisotopic (exact) mass is 410 g/mol. The van der Waals surface area contributed by atoms with Gasteiger partial charge in [-0.05, 0) is 36.8 Å². The number of urea groups is 1. The van der Waals surface area contributed by atoms with Gasteiger partial charge in [0.2, 0.25) is 0 Å². The van der Waals surface area contributed by atoms with Gasteiger partial charge in [0.15, 0.2) is 0 Å². The van der Waals surface area contributed by atoms with Gasteiger partial charge in [-0.1, -0.05) is 35.9 Å². The summed E-state index contributed by atoms with van der Waals surface area (Å²) in [7, 11) is 1.94. The first-order chi connectivity index (χ1) is 14.0. The van der Waals surface area contributed by atoms with Crippen molar-refractivity contribution in [3.05, 3.63) is 76.1 Å². The van der Waals surface area contributed by atoms with E-state index in [1.165, 1.54) is 0 Å². The molecule has 2 heterocycles. The van der Waals surface area contributed by atoms with Crippen molar-refractivity contribution >= 4 is 23.3 Å². The third kappa shape index (κ3) is 4.07. The number of halogens is 1. The van der Waals surface area contributed by atoms with E-state index in [2.05, 4.69) is 10.4 Å². The van der Waals surface area contributed by atoms with Crippen molar-refractivity contribution in [3.8, 4) is 5.75 Å². The Morgan fingerprint density at radius 2 is 2.00 bits per heavy atom. The van der Waals surface area contributed by atoms with Gasteiger partial charge in [-0.2, -0.15) is 5.10 Å². The SMILES string of the molecule is Cc1c(Cl)cccc1NC(=O)N1CCc2c(c(COc3ccccc3)nn2C)C1. The minimum Gasteiger partial charge on any atom is -0.487 e. The van der Waals surface area contributed by atoms with Crippen molar-refractivity contribution < 1.29 is 9.53 Å². The van der Waals surface area contributed by atoms with E-state index in [0.717, 1.165) is 40.4 Å². The lowest BCUT2D eigenvalue weighted by Crippen LogP contribution is -2.39. The maximum Gasteiger partial charge on any atom is 0.322 e. The number of nitrogens with one attached hydrogen (secondary N) is 1. The molecule has 3 aromatic rings. The van der Waals surface area contributed by atoms with E-state index >= 15 is 0 Å². The highest BCUT2D eigenvalue weighted by Crippen LogP contribution is 2.26. The van der Waals surface area contributed by atoms with Gasteiger partial charge in [0.25, 0.3) is 0 Å². The van der Waals surface area contributed by atoms with E-state index in [1.54, 1.807) is 4.90 Å². The van der Waals surface area contributed by atoms with Crippen molar-refractivity contribution in [1.29, 1.82) is 0 Å². The standard InChI is InChI=1S/C22H23ClN4O2/c1-15-18(23)9-6-10-19(15)24-22(28)27-12-11-21-17(13-27)20(25-26(21)2)14-29-16-7-4-3-5-8-16/h3-10H,11-14H2,1-2H3,(H,24,28). The molecule has 0 saturated carbocycles. The number of hydrogen-bond donors (Lipinski definition) is 1. The number of carbonyl (C=O) groups excluding carboxylic acids is 1. The lowest BCUT2D eigenvalue weighted by molar-refractivity contribution is 0.205. The largest absolute Gasteiger partial charge is 0.487 e. The first-order valence-electron chi connectivity index (χ1n) is 9.55. The van der Waals surface area contributed by atoms with E-state index < -0.39 is 0 Å². The molecule has 2 amide bonds. The van der Waals surface area contributed by atoms with Crippen LogP contribution < -0.4 is 10.1 Å². The lowest BCUT2D eigenvalue weighted by atomic mass is 10.1. The van der Waals surface area contributed by atoms with Crippen LogP contribution in [-0.2, 0) is 26.6 Å². The van der Waals surface area contributed by atoms with Crippen LogP contribution >= 0.6 is 11.6 Å². The molecular weight excluding hydrogens is 388 g/mol. The number of carbonyl (C=O) groups is 1. The number of nitrogens with zero attached hydrogens (tertiary/aromatic N) is 3. The van der Waals surface area contributed by atoms with Crippen LogP contribution in [0.25, 0.3) is 0 Å². The number of anilines is 1. The summed E-state index contributed by atoms with van der Waals surface area (Å²) in [5, 5.41) is 8.24. The molecule has 150 valence electrons. The first-order valence-corrected chi connectivity index (χ1v) is 9.93. The number of fused-ring (bicyclic) bond motifs is 1. The second kappa shape index (κ2) is 8.17. The number of rotatable bonds is 4. The van der Waals surface area contributed by atoms with Gasteiger partial charge in [0, 0.05) is 42.0 Å². The van der Waals surface area contributed by atoms with Gasteiger partial charge >= 0.3 is 6.03 Å². The lowest BCUT2D eigenvalue weighted by Gasteiger charge is -2.28. The Bertz CT molecular complexity index is 1030. The zero-order valence-electron chi connectivity index (χ0n) is 16.5. The molecule has 0 atom stereocenters. The normalized spacial score (nSPS) is 13.1. The number of amides is 2. The molecule has 1 aliphatic rings. The zero-order chi connectivity index (χ0) is 20.4. The maximum absolute atomic E-state index is 12.9. The summed E-state index contributed by atoms with van der Waals surface area (Å²) in [5.41, 5.74) is 4.67. The van der Waals surface area contributed by atoms with E-state index in [1.807, 2.05) is 67.2 Å². The van der Waals surface area contributed by atoms with Crippen LogP contribution in [0.1, 0.15) is 22.5 Å². The van der Waals surface area contributed by atoms with E-state index in [0.29, 0.717) is 24.7 Å². The molecule has 2 aromatic carbocycles. The number of aryl methyl sites for hydroxylation is 1. The molecule has 4 rings (SSSR count). The van der Waals surface area contributed by atoms with Gasteiger partial charge in [-0.3, -0.25) is 4.68 Å². The topological polar surface area (TPSA) is 59.4 Å². The number of hydrogen-bond acceptors (Lipinski definition) is 3. The molecule has 0 aliphatic carbocycles. The van der Waals surface area contributed by atoms with Gasteiger partial charge in [0.1, 0.15) is 18.1 Å². The summed E-state index contributed by atoms with van der Waals surface area (Å²) in [5.74, 6) is 0.800. The molecule has 1 N–H and O–H groups in total. The molecule has 0 bridgehead atoms. The fraction of sp³-hybridized carbons (Fsp3) is 0.273. The Balaban J connectivity index is 1.48. The summed E-state index contributed by atoms with van der Waals surface area (Å²) in [6.07, 6.45) is 0.756. The zero-order valence-corrected chi connectivity index (χ0v) is 17.2. The quantitative estimate of drug-likeness (QED) is 0.686. The van der Waals surface area contributed by atoms with E-state index in [9.17, 15) is 4.79 Å². The molecule has 0 unspecified atom stereocenters. The van der Waals surface area contributed by atoms with Crippen LogP contribution in [0.3, 0.4) is 0 Å². The van der Waals surface area contributed by atoms with Crippen LogP contribution in [0.15, 0.2) is 48.5 Å². The molecule has 0 fully saturated rings. The van der Waals surface area contributed by atoms with Gasteiger partial charge in [-0.15, -0.1) is 0 Å². The Morgan fingerprint density at radius 3 is 2.79 bits per heavy atom. The molecule has 0 spiro atoms. The first kappa shape index (κ1) is 19.3. The number of ether oxygens (including phenoxy) is 1. The van der Waals surface area contributed by atoms with Gasteiger partial charge in [0.05, 0.1) is 6.54 Å². The third-order valence-electron chi connectivity index (χ3n) is 5.24. The van der Waals surface area contributed by atoms with Crippen molar-refractivity contribution in [3.63, 3.8) is 0 Å². The Kier molecular flexibility index (Phi) is 5.45. The summed E-state index contributed by atoms with van der Waals surface area (Å²) >= 11 is 6.17. The van der Waals surface area contributed by atoms with Crippen molar-refractivity contribution in [1.82, 2.24) is 14.7 Å². The summed E-state index contributed by atoms with van der Waals surface area (Å²) in [6, 6.07) is 15.0. The molecule has 0 radical (unpaired) electrons. The highest BCUT2D eigenvalue weighted by atomic mass is 35.5. The summed E-state index contributed by atoms with van der Waals surface area (Å²) in [4.78, 5) is 14.7. The third-order valence-corrected chi connectivity index (χ3v) is 5.65. The second-order valence-electron chi connectivity index (χ2n) is 7.11. The molecule has 0 saturated heterocycles. The van der Waals surface area contributed by atoms with Crippen LogP contribution in [0, 0.1) is 6.92 Å². The number of para-hydroxylation sites is 1. The molecule has 1 aliphatic heterocycles. The highest BCUT2D eigenvalue weighted by molar-refractivity contribution is 6.31. The van der Waals surface area contributed by atoms with Gasteiger partial charge in [-0.25, -0.2) is 4.79 Å². The summed E-state index contributed by atoms with van der Waals surface area (Å²) < 4.78 is 7.78. The highest BCUT2D eigenvalue weighted by Gasteiger charge is 2.27. The maximum atomic E-state index is 12.9. The predicted octanol–water partition coefficient (Wildman–Crippen LogP) is 4.55. The smallest absolute Gasteiger partial charge is 0.322 e. The van der Waals surface area contributed by atoms with Gasteiger partial charge < -0.3 is 15.0 Å². The van der Waals surface area contributed by atoms with E-state index in [-0.39, 0.29) is 6.03 Å². The average molecular weight is 411 g/mol. The molecule has 7 heteroatoms. The number of benzene rings is 2. The van der Waals surface area contributed by atoms with Crippen LogP contribution in [0.2, 0.25) is 5.02 Å². The molecule has 1 aromatic heterocycles. The summed E-state index contributed by atoms with van der Waals surface area (Å²) in [6.45, 7) is 3.40. The molecular formula is C22H23ClN4O2. The Labute approximate surface area is 175 Å². The Hall–Kier alpha value is -2.99. The average Bonchev–Trinajstić information content (AvgIpc) is 3.05. The van der Waals surface area contributed by atoms with Crippen molar-refractivity contribution in [2.45, 2.75) is 26.5 Å². The van der Waals surface area contributed by atoms with Crippen LogP contribution in [0.4, 0.5) is 10.5 Å². The minimum absolute atomic E-state index is 0.139. The van der Waals surface area contributed by atoms with Crippen LogP contribution in [-0.4, -0.2) is 27.3 Å². The minimum atomic E-state index is -0.139. The molecule has 6 nitrogen and oxygen atoms in total. The van der Waals surface area contributed by atoms with Crippen molar-refractivity contribution in [2.24, 2.45) is 7.05 Å². The fourth-order valence-electron chi connectivity index (χ4n) is 3.56. The van der Waals surface area contributed by atoms with Crippen LogP contribution in [0.5, 0.6) is 5.75 Å². The second-order valence-corrected chi connectivity index (χ2v) is 7.52. The predicted molar refractivity (Wildman–Crippen MR) is 113 cm³/mol.